The number of hydrogen-bond acceptors (Lipinski definition) is 0. The van der Waals surface area contributed by atoms with E-state index in [0.29, 0.717) is 0 Å². The molecule has 5 heteroatoms. The monoisotopic (exact) mass is 352 g/mol. The second-order valence-corrected chi connectivity index (χ2v) is 0. The van der Waals surface area contributed by atoms with Crippen LogP contribution in [0.3, 0.4) is 0 Å². The summed E-state index contributed by atoms with van der Waals surface area (Å²) < 4.78 is 0. The van der Waals surface area contributed by atoms with E-state index in [-0.39, 0.29) is 80.8 Å². The summed E-state index contributed by atoms with van der Waals surface area (Å²) in [5.74, 6) is 0. The van der Waals surface area contributed by atoms with Gasteiger partial charge < -0.3 is 5.48 Å². The number of rotatable bonds is 0. The minimum absolute atomic E-state index is 0. The van der Waals surface area contributed by atoms with Gasteiger partial charge in [0, 0.05) is 0 Å². The molecular formula is H4I2K2O. The molecule has 0 saturated heterocycles. The Kier molecular flexibility index (Phi) is 106. The Hall–Kier alpha value is 4.69. The van der Waals surface area contributed by atoms with Crippen LogP contribution in [0, 0.1) is 0 Å². The SMILES string of the molecule is I.O.[KH].[K][I]. The molecule has 0 heterocycles. The van der Waals surface area contributed by atoms with E-state index in [2.05, 4.69) is 11.3 Å². The van der Waals surface area contributed by atoms with Crippen molar-refractivity contribution in [3.63, 3.8) is 0 Å². The van der Waals surface area contributed by atoms with Gasteiger partial charge in [-0.15, -0.1) is 24.0 Å². The Morgan fingerprint density at radius 1 is 1.20 bits per heavy atom. The Bertz CT molecular complexity index is 7.61. The van der Waals surface area contributed by atoms with E-state index >= 15 is 0 Å². The van der Waals surface area contributed by atoms with Gasteiger partial charge in [-0.3, -0.25) is 0 Å². The summed E-state index contributed by atoms with van der Waals surface area (Å²) >= 11 is 3.37. The van der Waals surface area contributed by atoms with Crippen molar-refractivity contribution in [1.82, 2.24) is 0 Å². The van der Waals surface area contributed by atoms with Crippen LogP contribution in [0.5, 0.6) is 0 Å². The van der Waals surface area contributed by atoms with Crippen molar-refractivity contribution in [1.29, 1.82) is 0 Å². The van der Waals surface area contributed by atoms with Crippen LogP contribution >= 0.6 is 35.3 Å². The molecule has 0 radical (unpaired) electrons. The van der Waals surface area contributed by atoms with E-state index in [0.717, 1.165) is 42.7 Å². The molecule has 0 amide bonds. The normalized spacial score (nSPS) is 1.40. The van der Waals surface area contributed by atoms with Crippen molar-refractivity contribution in [2.24, 2.45) is 0 Å². The minimum atomic E-state index is 0. The molecule has 0 rings (SSSR count). The molecule has 26 valence electrons. The summed E-state index contributed by atoms with van der Waals surface area (Å²) in [6.07, 6.45) is 0. The van der Waals surface area contributed by atoms with E-state index in [1.165, 1.54) is 0 Å². The summed E-state index contributed by atoms with van der Waals surface area (Å²) in [7, 11) is 0. The maximum atomic E-state index is 2.34. The van der Waals surface area contributed by atoms with E-state index < -0.39 is 0 Å². The molecule has 0 aromatic carbocycles. The van der Waals surface area contributed by atoms with Crippen molar-refractivity contribution in [3.05, 3.63) is 0 Å². The average molecular weight is 352 g/mol. The second kappa shape index (κ2) is 23.4. The summed E-state index contributed by atoms with van der Waals surface area (Å²) in [4.78, 5) is 0. The van der Waals surface area contributed by atoms with Crippen LogP contribution in [0.1, 0.15) is 0 Å². The molecule has 0 unspecified atom stereocenters. The average Bonchev–Trinajstić information content (AvgIpc) is 1.00. The van der Waals surface area contributed by atoms with Crippen LogP contribution in [-0.4, -0.2) is 99.6 Å². The molecule has 2 N–H and O–H groups in total. The summed E-state index contributed by atoms with van der Waals surface area (Å²) in [6, 6.07) is 0. The molecule has 0 aromatic rings. The van der Waals surface area contributed by atoms with E-state index in [9.17, 15) is 0 Å². The van der Waals surface area contributed by atoms with E-state index in [4.69, 9.17) is 0 Å². The molecular weight excluding hydrogens is 348 g/mol. The van der Waals surface area contributed by atoms with Crippen LogP contribution in [-0.2, 0) is 0 Å². The second-order valence-electron chi connectivity index (χ2n) is 0. The van der Waals surface area contributed by atoms with Gasteiger partial charge in [-0.05, 0) is 0 Å². The zero-order valence-corrected chi connectivity index (χ0v) is 9.90. The van der Waals surface area contributed by atoms with Crippen molar-refractivity contribution >= 4 is 129 Å². The van der Waals surface area contributed by atoms with E-state index in [1.54, 1.807) is 0 Å². The topological polar surface area (TPSA) is 31.5 Å². The Morgan fingerprint density at radius 2 is 1.20 bits per heavy atom. The molecule has 5 heavy (non-hydrogen) atoms. The van der Waals surface area contributed by atoms with E-state index in [1.807, 2.05) is 0 Å². The first-order valence-corrected chi connectivity index (χ1v) is 10.5. The standard InChI is InChI=1S/2HI.2K.H2O.H/h2*1H;;;1H2;/q;;;+1;;/p-1. The molecule has 0 atom stereocenters. The van der Waals surface area contributed by atoms with Gasteiger partial charge in [0.25, 0.3) is 0 Å². The van der Waals surface area contributed by atoms with Gasteiger partial charge in [0.15, 0.2) is 0 Å². The quantitative estimate of drug-likeness (QED) is 0.422. The van der Waals surface area contributed by atoms with Crippen molar-refractivity contribution < 1.29 is 5.48 Å². The number of hydrogen-bond donors (Lipinski definition) is 0. The first-order valence-electron chi connectivity index (χ1n) is 0.378. The Labute approximate surface area is 130 Å². The summed E-state index contributed by atoms with van der Waals surface area (Å²) in [6.45, 7) is 0. The first kappa shape index (κ1) is 22.6. The number of halogens is 2. The first-order chi connectivity index (χ1) is 1.00. The third-order valence-electron chi connectivity index (χ3n) is 0. The molecule has 0 bridgehead atoms. The van der Waals surface area contributed by atoms with Crippen LogP contribution in [0.4, 0.5) is 0 Å². The summed E-state index contributed by atoms with van der Waals surface area (Å²) in [5, 5.41) is 0. The predicted molar refractivity (Wildman–Crippen MR) is 46.0 cm³/mol. The third-order valence-corrected chi connectivity index (χ3v) is 0. The zero-order chi connectivity index (χ0) is 2.00. The fourth-order valence-electron chi connectivity index (χ4n) is 0. The molecule has 0 aromatic heterocycles. The van der Waals surface area contributed by atoms with Gasteiger partial charge in [0.05, 0.1) is 0 Å². The Balaban J connectivity index is -0.00000000167. The van der Waals surface area contributed by atoms with Gasteiger partial charge in [-0.1, -0.05) is 0 Å². The maximum absolute atomic E-state index is 2.34. The van der Waals surface area contributed by atoms with Crippen LogP contribution in [0.2, 0.25) is 0 Å². The molecule has 0 aliphatic rings. The van der Waals surface area contributed by atoms with Crippen LogP contribution in [0.15, 0.2) is 0 Å². The van der Waals surface area contributed by atoms with Crippen molar-refractivity contribution in [2.45, 2.75) is 0 Å². The van der Waals surface area contributed by atoms with Crippen molar-refractivity contribution in [3.8, 4) is 0 Å². The molecule has 0 spiro atoms. The van der Waals surface area contributed by atoms with Gasteiger partial charge in [0.1, 0.15) is 0 Å². The van der Waals surface area contributed by atoms with Gasteiger partial charge in [-0.25, -0.2) is 0 Å². The fourth-order valence-corrected chi connectivity index (χ4v) is 0. The molecule has 1 nitrogen and oxygen atoms in total. The summed E-state index contributed by atoms with van der Waals surface area (Å²) in [5.41, 5.74) is 0. The molecule has 0 aliphatic heterocycles. The molecule has 0 fully saturated rings. The van der Waals surface area contributed by atoms with Gasteiger partial charge >= 0.3 is 105 Å². The van der Waals surface area contributed by atoms with Crippen LogP contribution < -0.4 is 0 Å². The van der Waals surface area contributed by atoms with Crippen LogP contribution in [0.25, 0.3) is 0 Å². The fraction of sp³-hybridized carbons (Fsp3) is 0. The predicted octanol–water partition coefficient (Wildman–Crippen LogP) is -0.350. The molecule has 0 saturated carbocycles. The zero-order valence-electron chi connectivity index (χ0n) is 2.29. The molecule has 0 aliphatic carbocycles. The van der Waals surface area contributed by atoms with Crippen molar-refractivity contribution in [2.75, 3.05) is 0 Å². The third kappa shape index (κ3) is 17.7. The van der Waals surface area contributed by atoms with Gasteiger partial charge in [-0.2, -0.15) is 0 Å². The van der Waals surface area contributed by atoms with Gasteiger partial charge in [0.2, 0.25) is 0 Å². The Morgan fingerprint density at radius 3 is 1.20 bits per heavy atom.